The number of carbonyl (C=O) groups is 1. The van der Waals surface area contributed by atoms with Crippen LogP contribution in [-0.2, 0) is 14.8 Å². The maximum Gasteiger partial charge on any atom is 0.251 e. The number of halogens is 2. The lowest BCUT2D eigenvalue weighted by Crippen LogP contribution is -2.46. The molecule has 0 aliphatic rings. The number of hydrogen-bond acceptors (Lipinski definition) is 4. The van der Waals surface area contributed by atoms with Gasteiger partial charge in [-0.1, -0.05) is 11.6 Å². The number of nitrogens with two attached hydrogens (primary N) is 1. The normalized spacial score (nSPS) is 12.3. The predicted molar refractivity (Wildman–Crippen MR) is 83.9 cm³/mol. The Balaban J connectivity index is 3.21. The minimum absolute atomic E-state index is 0.0798. The van der Waals surface area contributed by atoms with Crippen LogP contribution in [0.4, 0.5) is 0 Å². The van der Waals surface area contributed by atoms with E-state index in [2.05, 4.69) is 21.2 Å². The Hall–Kier alpha value is -0.670. The molecular formula is C12H16BrClN2O4S. The lowest BCUT2D eigenvalue weighted by Gasteiger charge is -2.25. The number of methoxy groups -OCH3 is 1. The summed E-state index contributed by atoms with van der Waals surface area (Å²) in [5.41, 5.74) is -0.524. The fourth-order valence-electron chi connectivity index (χ4n) is 1.68. The summed E-state index contributed by atoms with van der Waals surface area (Å²) in [5.74, 6) is -0.476. The number of primary sulfonamides is 1. The van der Waals surface area contributed by atoms with Crippen LogP contribution in [0.5, 0.6) is 0 Å². The molecule has 1 amide bonds. The van der Waals surface area contributed by atoms with Crippen LogP contribution in [0.3, 0.4) is 0 Å². The van der Waals surface area contributed by atoms with Gasteiger partial charge in [0, 0.05) is 12.7 Å². The van der Waals surface area contributed by atoms with Crippen LogP contribution >= 0.6 is 27.5 Å². The molecule has 1 aromatic rings. The molecule has 0 unspecified atom stereocenters. The van der Waals surface area contributed by atoms with Gasteiger partial charge in [0.15, 0.2) is 0 Å². The highest BCUT2D eigenvalue weighted by Gasteiger charge is 2.24. The van der Waals surface area contributed by atoms with E-state index in [1.165, 1.54) is 19.2 Å². The highest BCUT2D eigenvalue weighted by atomic mass is 79.9. The molecule has 6 nitrogen and oxygen atoms in total. The van der Waals surface area contributed by atoms with Gasteiger partial charge in [0.05, 0.1) is 26.5 Å². The van der Waals surface area contributed by atoms with E-state index in [9.17, 15) is 13.2 Å². The fraction of sp³-hybridized carbons (Fsp3) is 0.417. The van der Waals surface area contributed by atoms with E-state index in [1.807, 2.05) is 0 Å². The summed E-state index contributed by atoms with van der Waals surface area (Å²) in [4.78, 5) is 12.0. The van der Waals surface area contributed by atoms with Gasteiger partial charge < -0.3 is 10.1 Å². The highest BCUT2D eigenvalue weighted by molar-refractivity contribution is 9.10. The second kappa shape index (κ2) is 6.62. The van der Waals surface area contributed by atoms with Crippen molar-refractivity contribution in [3.63, 3.8) is 0 Å². The van der Waals surface area contributed by atoms with Crippen LogP contribution in [0.2, 0.25) is 5.02 Å². The summed E-state index contributed by atoms with van der Waals surface area (Å²) in [7, 11) is -2.48. The summed E-state index contributed by atoms with van der Waals surface area (Å²) in [6.45, 7) is 3.84. The zero-order chi connectivity index (χ0) is 16.4. The van der Waals surface area contributed by atoms with Gasteiger partial charge in [0.2, 0.25) is 10.0 Å². The van der Waals surface area contributed by atoms with Crippen LogP contribution < -0.4 is 10.5 Å². The molecule has 1 aromatic carbocycles. The van der Waals surface area contributed by atoms with Crippen molar-refractivity contribution >= 4 is 43.5 Å². The molecule has 0 radical (unpaired) electrons. The third-order valence-corrected chi connectivity index (χ3v) is 5.10. The first-order valence-corrected chi connectivity index (χ1v) is 8.53. The third kappa shape index (κ3) is 4.93. The summed E-state index contributed by atoms with van der Waals surface area (Å²) in [5, 5.41) is 7.91. The van der Waals surface area contributed by atoms with Crippen molar-refractivity contribution in [2.24, 2.45) is 5.14 Å². The molecule has 0 spiro atoms. The van der Waals surface area contributed by atoms with Crippen molar-refractivity contribution in [1.29, 1.82) is 0 Å². The van der Waals surface area contributed by atoms with Gasteiger partial charge in [-0.3, -0.25) is 4.79 Å². The van der Waals surface area contributed by atoms with Gasteiger partial charge in [0.25, 0.3) is 5.91 Å². The standard InChI is InChI=1S/C12H16BrClN2O4S/c1-12(2,6-20-3)16-11(17)7-4-8(14)10(13)9(5-7)21(15,18)19/h4-5H,6H2,1-3H3,(H,16,17)(H2,15,18,19). The van der Waals surface area contributed by atoms with E-state index in [0.29, 0.717) is 6.61 Å². The number of sulfonamides is 1. The zero-order valence-electron chi connectivity index (χ0n) is 11.7. The molecule has 1 rings (SSSR count). The Bertz CT molecular complexity index is 661. The molecule has 0 bridgehead atoms. The number of ether oxygens (including phenoxy) is 1. The first kappa shape index (κ1) is 18.4. The molecule has 118 valence electrons. The van der Waals surface area contributed by atoms with Gasteiger partial charge in [0.1, 0.15) is 0 Å². The van der Waals surface area contributed by atoms with E-state index in [0.717, 1.165) is 0 Å². The van der Waals surface area contributed by atoms with Gasteiger partial charge in [-0.25, -0.2) is 13.6 Å². The van der Waals surface area contributed by atoms with E-state index in [4.69, 9.17) is 21.5 Å². The molecule has 0 atom stereocenters. The number of rotatable bonds is 5. The molecule has 0 saturated carbocycles. The van der Waals surface area contributed by atoms with Crippen molar-refractivity contribution in [3.05, 3.63) is 27.2 Å². The average Bonchev–Trinajstić information content (AvgIpc) is 2.29. The Labute approximate surface area is 137 Å². The molecule has 21 heavy (non-hydrogen) atoms. The van der Waals surface area contributed by atoms with Crippen LogP contribution in [0.15, 0.2) is 21.5 Å². The molecular weight excluding hydrogens is 384 g/mol. The van der Waals surface area contributed by atoms with Crippen molar-refractivity contribution in [2.45, 2.75) is 24.3 Å². The third-order valence-electron chi connectivity index (χ3n) is 2.52. The van der Waals surface area contributed by atoms with Gasteiger partial charge in [-0.2, -0.15) is 0 Å². The predicted octanol–water partition coefficient (Wildman–Crippen LogP) is 1.90. The summed E-state index contributed by atoms with van der Waals surface area (Å²) in [6, 6.07) is 2.53. The van der Waals surface area contributed by atoms with E-state index in [-0.39, 0.29) is 20.0 Å². The number of amides is 1. The molecule has 0 heterocycles. The van der Waals surface area contributed by atoms with Gasteiger partial charge in [-0.05, 0) is 41.9 Å². The van der Waals surface area contributed by atoms with Crippen molar-refractivity contribution < 1.29 is 17.9 Å². The molecule has 0 aliphatic heterocycles. The average molecular weight is 400 g/mol. The summed E-state index contributed by atoms with van der Waals surface area (Å²) >= 11 is 8.97. The molecule has 0 aromatic heterocycles. The lowest BCUT2D eigenvalue weighted by atomic mass is 10.1. The maximum atomic E-state index is 12.2. The first-order valence-electron chi connectivity index (χ1n) is 5.81. The van der Waals surface area contributed by atoms with Crippen molar-refractivity contribution in [2.75, 3.05) is 13.7 Å². The molecule has 0 aliphatic carbocycles. The molecule has 3 N–H and O–H groups in total. The Morgan fingerprint density at radius 2 is 2.05 bits per heavy atom. The van der Waals surface area contributed by atoms with Crippen LogP contribution in [0.25, 0.3) is 0 Å². The quantitative estimate of drug-likeness (QED) is 0.790. The molecule has 0 fully saturated rings. The Kier molecular flexibility index (Phi) is 5.79. The van der Waals surface area contributed by atoms with Gasteiger partial charge in [-0.15, -0.1) is 0 Å². The van der Waals surface area contributed by atoms with E-state index >= 15 is 0 Å². The maximum absolute atomic E-state index is 12.2. The second-order valence-electron chi connectivity index (χ2n) is 5.09. The Morgan fingerprint density at radius 1 is 1.48 bits per heavy atom. The summed E-state index contributed by atoms with van der Waals surface area (Å²) in [6.07, 6.45) is 0. The first-order chi connectivity index (χ1) is 9.48. The number of carbonyl (C=O) groups excluding carboxylic acids is 1. The van der Waals surface area contributed by atoms with Crippen LogP contribution in [0, 0.1) is 0 Å². The van der Waals surface area contributed by atoms with Crippen molar-refractivity contribution in [1.82, 2.24) is 5.32 Å². The second-order valence-corrected chi connectivity index (χ2v) is 7.82. The monoisotopic (exact) mass is 398 g/mol. The molecule has 0 saturated heterocycles. The number of nitrogens with one attached hydrogen (secondary N) is 1. The summed E-state index contributed by atoms with van der Waals surface area (Å²) < 4.78 is 28.1. The fourth-order valence-corrected chi connectivity index (χ4v) is 3.51. The molecule has 9 heteroatoms. The van der Waals surface area contributed by atoms with Crippen molar-refractivity contribution in [3.8, 4) is 0 Å². The topological polar surface area (TPSA) is 98.5 Å². The van der Waals surface area contributed by atoms with E-state index in [1.54, 1.807) is 13.8 Å². The number of benzene rings is 1. The zero-order valence-corrected chi connectivity index (χ0v) is 14.9. The van der Waals surface area contributed by atoms with Crippen LogP contribution in [-0.4, -0.2) is 33.6 Å². The smallest absolute Gasteiger partial charge is 0.251 e. The van der Waals surface area contributed by atoms with Crippen LogP contribution in [0.1, 0.15) is 24.2 Å². The van der Waals surface area contributed by atoms with Gasteiger partial charge >= 0.3 is 0 Å². The van der Waals surface area contributed by atoms with E-state index < -0.39 is 21.5 Å². The Morgan fingerprint density at radius 3 is 2.52 bits per heavy atom. The SMILES string of the molecule is COCC(C)(C)NC(=O)c1cc(Cl)c(Br)c(S(N)(=O)=O)c1. The minimum Gasteiger partial charge on any atom is -0.382 e. The largest absolute Gasteiger partial charge is 0.382 e. The highest BCUT2D eigenvalue weighted by Crippen LogP contribution is 2.30. The lowest BCUT2D eigenvalue weighted by molar-refractivity contribution is 0.0819. The number of hydrogen-bond donors (Lipinski definition) is 2. The minimum atomic E-state index is -4.00.